The van der Waals surface area contributed by atoms with Crippen molar-refractivity contribution in [2.75, 3.05) is 6.61 Å². The van der Waals surface area contributed by atoms with E-state index < -0.39 is 41.3 Å². The zero-order valence-electron chi connectivity index (χ0n) is 15.4. The highest BCUT2D eigenvalue weighted by Crippen LogP contribution is 2.30. The van der Waals surface area contributed by atoms with Crippen LogP contribution in [-0.4, -0.2) is 36.2 Å². The highest BCUT2D eigenvalue weighted by molar-refractivity contribution is 5.97. The van der Waals surface area contributed by atoms with Crippen LogP contribution in [0.25, 0.3) is 0 Å². The van der Waals surface area contributed by atoms with E-state index in [4.69, 9.17) is 4.74 Å². The number of ether oxygens (including phenoxy) is 1. The Hall–Kier alpha value is -2.06. The molecular weight excluding hydrogens is 344 g/mol. The van der Waals surface area contributed by atoms with Crippen molar-refractivity contribution in [3.05, 3.63) is 35.4 Å². The zero-order valence-corrected chi connectivity index (χ0v) is 15.4. The summed E-state index contributed by atoms with van der Waals surface area (Å²) in [4.78, 5) is 24.0. The fourth-order valence-corrected chi connectivity index (χ4v) is 2.77. The van der Waals surface area contributed by atoms with Gasteiger partial charge in [0.15, 0.2) is 11.6 Å². The lowest BCUT2D eigenvalue weighted by Crippen LogP contribution is -2.53. The largest absolute Gasteiger partial charge is 0.372 e. The maximum Gasteiger partial charge on any atom is 0.321 e. The summed E-state index contributed by atoms with van der Waals surface area (Å²) in [7, 11) is 0. The van der Waals surface area contributed by atoms with Crippen LogP contribution in [-0.2, 0) is 9.53 Å². The lowest BCUT2D eigenvalue weighted by Gasteiger charge is -2.25. The van der Waals surface area contributed by atoms with Crippen molar-refractivity contribution in [2.45, 2.75) is 57.8 Å². The molecule has 1 aromatic rings. The molecule has 0 aliphatic carbocycles. The SMILES string of the molecule is CC(N[C@@H]1CCO[C@H]1c1ccc(F)c(F)c1)C(=O)NC(=O)NC(C)(C)C. The third-order valence-corrected chi connectivity index (χ3v) is 3.95. The number of benzene rings is 1. The average Bonchev–Trinajstić information content (AvgIpc) is 2.96. The Balaban J connectivity index is 1.96. The van der Waals surface area contributed by atoms with Gasteiger partial charge in [0, 0.05) is 18.2 Å². The van der Waals surface area contributed by atoms with Crippen molar-refractivity contribution in [2.24, 2.45) is 0 Å². The number of urea groups is 1. The van der Waals surface area contributed by atoms with Crippen molar-refractivity contribution in [3.8, 4) is 0 Å². The van der Waals surface area contributed by atoms with Gasteiger partial charge in [-0.3, -0.25) is 10.1 Å². The van der Waals surface area contributed by atoms with Gasteiger partial charge in [-0.1, -0.05) is 6.07 Å². The van der Waals surface area contributed by atoms with E-state index >= 15 is 0 Å². The van der Waals surface area contributed by atoms with E-state index in [9.17, 15) is 18.4 Å². The standard InChI is InChI=1S/C18H25F2N3O3/c1-10(16(24)22-17(25)23-18(2,3)4)21-14-7-8-26-15(14)11-5-6-12(19)13(20)9-11/h5-6,9-10,14-15,21H,7-8H2,1-4H3,(H2,22,23,24,25)/t10?,14-,15+/m1/s1. The van der Waals surface area contributed by atoms with Crippen molar-refractivity contribution >= 4 is 11.9 Å². The van der Waals surface area contributed by atoms with E-state index in [1.54, 1.807) is 27.7 Å². The first-order valence-corrected chi connectivity index (χ1v) is 8.52. The summed E-state index contributed by atoms with van der Waals surface area (Å²) in [5, 5.41) is 8.02. The molecule has 26 heavy (non-hydrogen) atoms. The Bertz CT molecular complexity index is 676. The molecule has 0 radical (unpaired) electrons. The van der Waals surface area contributed by atoms with E-state index in [0.717, 1.165) is 12.1 Å². The zero-order chi connectivity index (χ0) is 19.5. The number of hydrogen-bond donors (Lipinski definition) is 3. The molecule has 3 N–H and O–H groups in total. The van der Waals surface area contributed by atoms with Gasteiger partial charge < -0.3 is 15.4 Å². The number of nitrogens with one attached hydrogen (secondary N) is 3. The van der Waals surface area contributed by atoms with Gasteiger partial charge in [0.1, 0.15) is 0 Å². The number of amides is 3. The molecule has 0 saturated carbocycles. The van der Waals surface area contributed by atoms with Crippen LogP contribution in [0, 0.1) is 11.6 Å². The summed E-state index contributed by atoms with van der Waals surface area (Å²) >= 11 is 0. The fourth-order valence-electron chi connectivity index (χ4n) is 2.77. The Morgan fingerprint density at radius 3 is 2.54 bits per heavy atom. The Labute approximate surface area is 151 Å². The first-order chi connectivity index (χ1) is 12.1. The van der Waals surface area contributed by atoms with Crippen LogP contribution in [0.15, 0.2) is 18.2 Å². The molecule has 1 aromatic carbocycles. The fraction of sp³-hybridized carbons (Fsp3) is 0.556. The van der Waals surface area contributed by atoms with Crippen LogP contribution in [0.1, 0.15) is 45.8 Å². The van der Waals surface area contributed by atoms with Gasteiger partial charge in [-0.05, 0) is 51.8 Å². The molecule has 1 unspecified atom stereocenters. The molecule has 1 aliphatic heterocycles. The highest BCUT2D eigenvalue weighted by atomic mass is 19.2. The molecule has 1 heterocycles. The Morgan fingerprint density at radius 1 is 1.23 bits per heavy atom. The smallest absolute Gasteiger partial charge is 0.321 e. The van der Waals surface area contributed by atoms with Gasteiger partial charge in [-0.2, -0.15) is 0 Å². The molecule has 3 amide bonds. The monoisotopic (exact) mass is 369 g/mol. The highest BCUT2D eigenvalue weighted by Gasteiger charge is 2.32. The molecule has 0 spiro atoms. The van der Waals surface area contributed by atoms with Gasteiger partial charge >= 0.3 is 6.03 Å². The Morgan fingerprint density at radius 2 is 1.92 bits per heavy atom. The number of carbonyl (C=O) groups excluding carboxylic acids is 2. The van der Waals surface area contributed by atoms with E-state index in [-0.39, 0.29) is 6.04 Å². The van der Waals surface area contributed by atoms with Gasteiger partial charge in [0.05, 0.1) is 12.1 Å². The van der Waals surface area contributed by atoms with Gasteiger partial charge in [0.25, 0.3) is 0 Å². The van der Waals surface area contributed by atoms with E-state index in [1.807, 2.05) is 0 Å². The molecule has 0 aromatic heterocycles. The van der Waals surface area contributed by atoms with Crippen LogP contribution >= 0.6 is 0 Å². The number of imide groups is 1. The minimum atomic E-state index is -0.943. The van der Waals surface area contributed by atoms with Crippen LogP contribution < -0.4 is 16.0 Å². The van der Waals surface area contributed by atoms with Crippen molar-refractivity contribution < 1.29 is 23.1 Å². The third-order valence-electron chi connectivity index (χ3n) is 3.95. The number of hydrogen-bond acceptors (Lipinski definition) is 4. The van der Waals surface area contributed by atoms with Gasteiger partial charge in [-0.15, -0.1) is 0 Å². The van der Waals surface area contributed by atoms with Crippen LogP contribution in [0.4, 0.5) is 13.6 Å². The minimum absolute atomic E-state index is 0.258. The summed E-state index contributed by atoms with van der Waals surface area (Å²) in [5.74, 6) is -2.35. The van der Waals surface area contributed by atoms with Crippen molar-refractivity contribution in [1.29, 1.82) is 0 Å². The molecule has 8 heteroatoms. The second-order valence-electron chi connectivity index (χ2n) is 7.44. The molecule has 144 valence electrons. The molecule has 6 nitrogen and oxygen atoms in total. The van der Waals surface area contributed by atoms with E-state index in [1.165, 1.54) is 6.07 Å². The first kappa shape index (κ1) is 20.3. The van der Waals surface area contributed by atoms with Crippen molar-refractivity contribution in [3.63, 3.8) is 0 Å². The quantitative estimate of drug-likeness (QED) is 0.761. The second-order valence-corrected chi connectivity index (χ2v) is 7.44. The maximum absolute atomic E-state index is 13.5. The van der Waals surface area contributed by atoms with E-state index in [2.05, 4.69) is 16.0 Å². The first-order valence-electron chi connectivity index (χ1n) is 8.52. The van der Waals surface area contributed by atoms with Gasteiger partial charge in [0.2, 0.25) is 5.91 Å². The van der Waals surface area contributed by atoms with Crippen molar-refractivity contribution in [1.82, 2.24) is 16.0 Å². The molecular formula is C18H25F2N3O3. The third kappa shape index (κ3) is 5.47. The predicted molar refractivity (Wildman–Crippen MR) is 92.5 cm³/mol. The maximum atomic E-state index is 13.5. The van der Waals surface area contributed by atoms with E-state index in [0.29, 0.717) is 18.6 Å². The topological polar surface area (TPSA) is 79.5 Å². The van der Waals surface area contributed by atoms with Crippen LogP contribution in [0.3, 0.4) is 0 Å². The molecule has 1 saturated heterocycles. The normalized spacial score (nSPS) is 21.3. The molecule has 3 atom stereocenters. The summed E-state index contributed by atoms with van der Waals surface area (Å²) in [6.07, 6.45) is 0.110. The van der Waals surface area contributed by atoms with Crippen LogP contribution in [0.2, 0.25) is 0 Å². The molecule has 0 bridgehead atoms. The summed E-state index contributed by atoms with van der Waals surface area (Å²) < 4.78 is 32.2. The molecule has 2 rings (SSSR count). The molecule has 1 aliphatic rings. The lowest BCUT2D eigenvalue weighted by atomic mass is 10.0. The van der Waals surface area contributed by atoms with Crippen LogP contribution in [0.5, 0.6) is 0 Å². The Kier molecular flexibility index (Phi) is 6.30. The number of rotatable bonds is 4. The number of carbonyl (C=O) groups is 2. The summed E-state index contributed by atoms with van der Waals surface area (Å²) in [5.41, 5.74) is 0.0370. The second kappa shape index (κ2) is 8.09. The average molecular weight is 369 g/mol. The number of halogens is 2. The summed E-state index contributed by atoms with van der Waals surface area (Å²) in [6, 6.07) is 2.12. The summed E-state index contributed by atoms with van der Waals surface area (Å²) in [6.45, 7) is 7.48. The lowest BCUT2D eigenvalue weighted by molar-refractivity contribution is -0.122. The van der Waals surface area contributed by atoms with Gasteiger partial charge in [-0.25, -0.2) is 13.6 Å². The minimum Gasteiger partial charge on any atom is -0.372 e. The molecule has 1 fully saturated rings. The predicted octanol–water partition coefficient (Wildman–Crippen LogP) is 2.40.